The van der Waals surface area contributed by atoms with E-state index in [0.717, 1.165) is 11.3 Å². The molecule has 0 aliphatic carbocycles. The summed E-state index contributed by atoms with van der Waals surface area (Å²) in [6.45, 7) is 3.34. The number of carbonyl (C=O) groups excluding carboxylic acids is 1. The normalized spacial score (nSPS) is 15.9. The largest absolute Gasteiger partial charge is 0.405 e. The van der Waals surface area contributed by atoms with Crippen LogP contribution in [0.3, 0.4) is 0 Å². The number of pyridine rings is 1. The Hall–Kier alpha value is -2.30. The first-order valence-electron chi connectivity index (χ1n) is 7.69. The van der Waals surface area contributed by atoms with E-state index in [1.165, 1.54) is 0 Å². The highest BCUT2D eigenvalue weighted by atomic mass is 19.4. The summed E-state index contributed by atoms with van der Waals surface area (Å²) in [5.41, 5.74) is 2.14. The van der Waals surface area contributed by atoms with Gasteiger partial charge in [0.15, 0.2) is 0 Å². The summed E-state index contributed by atoms with van der Waals surface area (Å²) in [5, 5.41) is 11.3. The smallest absolute Gasteiger partial charge is 0.355 e. The summed E-state index contributed by atoms with van der Waals surface area (Å²) in [6.07, 6.45) is -3.53. The van der Waals surface area contributed by atoms with Gasteiger partial charge in [-0.25, -0.2) is 4.98 Å². The minimum Gasteiger partial charge on any atom is -0.355 e. The third kappa shape index (κ3) is 4.37. The standard InChI is InChI=1S/C16H19F3N4O/c1-10-7-11(2)22-14(13(10)8-20)23-5-3-12(4-6-23)15(24)21-9-16(17,18)19/h7,12H,3-6,9H2,1-2H3,(H,21,24). The monoisotopic (exact) mass is 340 g/mol. The van der Waals surface area contributed by atoms with Crippen LogP contribution in [0.2, 0.25) is 0 Å². The average Bonchev–Trinajstić information content (AvgIpc) is 2.51. The van der Waals surface area contributed by atoms with E-state index in [4.69, 9.17) is 0 Å². The fraction of sp³-hybridized carbons (Fsp3) is 0.562. The van der Waals surface area contributed by atoms with Gasteiger partial charge in [-0.1, -0.05) is 0 Å². The van der Waals surface area contributed by atoms with Crippen LogP contribution in [0.5, 0.6) is 0 Å². The summed E-state index contributed by atoms with van der Waals surface area (Å²) in [7, 11) is 0. The molecule has 0 radical (unpaired) electrons. The molecule has 0 unspecified atom stereocenters. The van der Waals surface area contributed by atoms with Crippen LogP contribution < -0.4 is 10.2 Å². The molecular weight excluding hydrogens is 321 g/mol. The molecule has 1 aliphatic heterocycles. The summed E-state index contributed by atoms with van der Waals surface area (Å²) < 4.78 is 36.5. The van der Waals surface area contributed by atoms with Crippen molar-refractivity contribution in [3.05, 3.63) is 22.9 Å². The summed E-state index contributed by atoms with van der Waals surface area (Å²) >= 11 is 0. The van der Waals surface area contributed by atoms with Crippen LogP contribution in [0.1, 0.15) is 29.7 Å². The highest BCUT2D eigenvalue weighted by Gasteiger charge is 2.31. The molecule has 0 aromatic carbocycles. The van der Waals surface area contributed by atoms with Crippen molar-refractivity contribution in [3.63, 3.8) is 0 Å². The molecule has 24 heavy (non-hydrogen) atoms. The van der Waals surface area contributed by atoms with Crippen LogP contribution in [0.4, 0.5) is 19.0 Å². The molecule has 2 heterocycles. The minimum atomic E-state index is -4.40. The molecule has 1 aromatic rings. The molecule has 1 N–H and O–H groups in total. The van der Waals surface area contributed by atoms with Gasteiger partial charge in [0.05, 0.1) is 5.56 Å². The maximum atomic E-state index is 12.2. The molecule has 1 fully saturated rings. The number of hydrogen-bond acceptors (Lipinski definition) is 4. The molecule has 8 heteroatoms. The van der Waals surface area contributed by atoms with Gasteiger partial charge in [-0.05, 0) is 38.3 Å². The predicted molar refractivity (Wildman–Crippen MR) is 82.4 cm³/mol. The highest BCUT2D eigenvalue weighted by molar-refractivity contribution is 5.79. The number of nitrogens with zero attached hydrogens (tertiary/aromatic N) is 3. The zero-order valence-electron chi connectivity index (χ0n) is 13.6. The van der Waals surface area contributed by atoms with E-state index in [0.29, 0.717) is 37.3 Å². The van der Waals surface area contributed by atoms with Gasteiger partial charge in [0.25, 0.3) is 0 Å². The van der Waals surface area contributed by atoms with Crippen molar-refractivity contribution < 1.29 is 18.0 Å². The lowest BCUT2D eigenvalue weighted by atomic mass is 9.95. The average molecular weight is 340 g/mol. The van der Waals surface area contributed by atoms with Crippen molar-refractivity contribution in [1.82, 2.24) is 10.3 Å². The van der Waals surface area contributed by atoms with Crippen molar-refractivity contribution in [1.29, 1.82) is 5.26 Å². The van der Waals surface area contributed by atoms with Crippen molar-refractivity contribution in [2.45, 2.75) is 32.9 Å². The van der Waals surface area contributed by atoms with Crippen molar-refractivity contribution >= 4 is 11.7 Å². The minimum absolute atomic E-state index is 0.434. The molecule has 0 spiro atoms. The van der Waals surface area contributed by atoms with E-state index in [9.17, 15) is 23.2 Å². The zero-order valence-corrected chi connectivity index (χ0v) is 13.6. The van der Waals surface area contributed by atoms with E-state index in [1.807, 2.05) is 30.1 Å². The second kappa shape index (κ2) is 7.07. The van der Waals surface area contributed by atoms with Crippen LogP contribution in [-0.4, -0.2) is 36.7 Å². The number of rotatable bonds is 3. The fourth-order valence-corrected chi connectivity index (χ4v) is 2.87. The van der Waals surface area contributed by atoms with Gasteiger partial charge in [-0.2, -0.15) is 18.4 Å². The third-order valence-electron chi connectivity index (χ3n) is 4.07. The number of piperidine rings is 1. The van der Waals surface area contributed by atoms with E-state index < -0.39 is 24.5 Å². The Labute approximate surface area is 138 Å². The second-order valence-electron chi connectivity index (χ2n) is 5.99. The Balaban J connectivity index is 2.01. The Morgan fingerprint density at radius 2 is 2.04 bits per heavy atom. The van der Waals surface area contributed by atoms with Crippen LogP contribution in [0.15, 0.2) is 6.07 Å². The van der Waals surface area contributed by atoms with E-state index >= 15 is 0 Å². The quantitative estimate of drug-likeness (QED) is 0.918. The highest BCUT2D eigenvalue weighted by Crippen LogP contribution is 2.27. The van der Waals surface area contributed by atoms with Crippen molar-refractivity contribution in [2.75, 3.05) is 24.5 Å². The molecule has 5 nitrogen and oxygen atoms in total. The number of alkyl halides is 3. The fourth-order valence-electron chi connectivity index (χ4n) is 2.87. The van der Waals surface area contributed by atoms with Gasteiger partial charge >= 0.3 is 6.18 Å². The number of amides is 1. The van der Waals surface area contributed by atoms with Gasteiger partial charge in [-0.15, -0.1) is 0 Å². The predicted octanol–water partition coefficient (Wildman–Crippen LogP) is 2.47. The number of carbonyl (C=O) groups is 1. The third-order valence-corrected chi connectivity index (χ3v) is 4.07. The van der Waals surface area contributed by atoms with Gasteiger partial charge in [-0.3, -0.25) is 4.79 Å². The zero-order chi connectivity index (χ0) is 17.9. The molecule has 0 atom stereocenters. The molecule has 0 saturated carbocycles. The second-order valence-corrected chi connectivity index (χ2v) is 5.99. The van der Waals surface area contributed by atoms with E-state index in [-0.39, 0.29) is 0 Å². The number of halogens is 3. The Kier molecular flexibility index (Phi) is 5.32. The molecular formula is C16H19F3N4O. The lowest BCUT2D eigenvalue weighted by Crippen LogP contribution is -2.43. The maximum absolute atomic E-state index is 12.2. The Morgan fingerprint density at radius 1 is 1.42 bits per heavy atom. The molecule has 2 rings (SSSR count). The lowest BCUT2D eigenvalue weighted by molar-refractivity contribution is -0.141. The van der Waals surface area contributed by atoms with E-state index in [2.05, 4.69) is 11.1 Å². The topological polar surface area (TPSA) is 69.0 Å². The Bertz CT molecular complexity index is 659. The summed E-state index contributed by atoms with van der Waals surface area (Å²) in [5.74, 6) is -0.426. The first kappa shape index (κ1) is 18.0. The van der Waals surface area contributed by atoms with Gasteiger partial charge in [0.2, 0.25) is 5.91 Å². The lowest BCUT2D eigenvalue weighted by Gasteiger charge is -2.33. The van der Waals surface area contributed by atoms with Gasteiger partial charge in [0, 0.05) is 24.7 Å². The van der Waals surface area contributed by atoms with Gasteiger partial charge in [0.1, 0.15) is 18.4 Å². The molecule has 0 bridgehead atoms. The number of aryl methyl sites for hydroxylation is 2. The van der Waals surface area contributed by atoms with Crippen molar-refractivity contribution in [2.24, 2.45) is 5.92 Å². The molecule has 1 amide bonds. The Morgan fingerprint density at radius 3 is 2.58 bits per heavy atom. The molecule has 1 saturated heterocycles. The number of nitriles is 1. The summed E-state index contributed by atoms with van der Waals surface area (Å²) in [6, 6.07) is 3.98. The number of anilines is 1. The van der Waals surface area contributed by atoms with Crippen LogP contribution >= 0.6 is 0 Å². The van der Waals surface area contributed by atoms with E-state index in [1.54, 1.807) is 0 Å². The number of hydrogen-bond donors (Lipinski definition) is 1. The van der Waals surface area contributed by atoms with Crippen molar-refractivity contribution in [3.8, 4) is 6.07 Å². The van der Waals surface area contributed by atoms with Crippen LogP contribution in [0, 0.1) is 31.1 Å². The van der Waals surface area contributed by atoms with Crippen LogP contribution in [-0.2, 0) is 4.79 Å². The van der Waals surface area contributed by atoms with Gasteiger partial charge < -0.3 is 10.2 Å². The molecule has 1 aromatic heterocycles. The first-order chi connectivity index (χ1) is 11.2. The molecule has 1 aliphatic rings. The number of nitrogens with one attached hydrogen (secondary N) is 1. The number of aromatic nitrogens is 1. The summed E-state index contributed by atoms with van der Waals surface area (Å²) in [4.78, 5) is 18.2. The first-order valence-corrected chi connectivity index (χ1v) is 7.69. The molecule has 130 valence electrons. The maximum Gasteiger partial charge on any atom is 0.405 e. The van der Waals surface area contributed by atoms with Crippen LogP contribution in [0.25, 0.3) is 0 Å². The SMILES string of the molecule is Cc1cc(C)c(C#N)c(N2CCC(C(=O)NCC(F)(F)F)CC2)n1.